The summed E-state index contributed by atoms with van der Waals surface area (Å²) in [4.78, 5) is 16.1. The molecule has 2 aromatic carbocycles. The summed E-state index contributed by atoms with van der Waals surface area (Å²) < 4.78 is 5.84. The van der Waals surface area contributed by atoms with Gasteiger partial charge in [-0.3, -0.25) is 9.78 Å². The van der Waals surface area contributed by atoms with Crippen LogP contribution in [-0.2, 0) is 6.61 Å². The molecular weight excluding hydrogens is 286 g/mol. The van der Waals surface area contributed by atoms with Gasteiger partial charge in [0, 0.05) is 18.0 Å². The Kier molecular flexibility index (Phi) is 4.48. The van der Waals surface area contributed by atoms with Gasteiger partial charge in [0.25, 0.3) is 0 Å². The SMILES string of the molecule is CC(=O)c1cc(-c2cccnc2)ccc1OCc1ccccc1. The fourth-order valence-corrected chi connectivity index (χ4v) is 2.38. The predicted octanol–water partition coefficient (Wildman–Crippen LogP) is 4.53. The average molecular weight is 303 g/mol. The Hall–Kier alpha value is -2.94. The topological polar surface area (TPSA) is 39.2 Å². The molecule has 0 aliphatic carbocycles. The van der Waals surface area contributed by atoms with Crippen molar-refractivity contribution in [2.24, 2.45) is 0 Å². The Morgan fingerprint density at radius 3 is 2.52 bits per heavy atom. The second-order valence-corrected chi connectivity index (χ2v) is 5.28. The van der Waals surface area contributed by atoms with E-state index in [1.54, 1.807) is 19.3 Å². The molecule has 0 saturated carbocycles. The fourth-order valence-electron chi connectivity index (χ4n) is 2.38. The first-order chi connectivity index (χ1) is 11.2. The van der Waals surface area contributed by atoms with Crippen LogP contribution in [0.1, 0.15) is 22.8 Å². The third kappa shape index (κ3) is 3.64. The lowest BCUT2D eigenvalue weighted by atomic mass is 10.0. The van der Waals surface area contributed by atoms with Crippen molar-refractivity contribution >= 4 is 5.78 Å². The molecule has 1 aromatic heterocycles. The largest absolute Gasteiger partial charge is 0.488 e. The first-order valence-electron chi connectivity index (χ1n) is 7.46. The van der Waals surface area contributed by atoms with Crippen LogP contribution >= 0.6 is 0 Å². The van der Waals surface area contributed by atoms with E-state index in [0.717, 1.165) is 16.7 Å². The maximum Gasteiger partial charge on any atom is 0.163 e. The van der Waals surface area contributed by atoms with Gasteiger partial charge >= 0.3 is 0 Å². The first kappa shape index (κ1) is 15.0. The number of hydrogen-bond donors (Lipinski definition) is 0. The molecule has 1 heterocycles. The van der Waals surface area contributed by atoms with Crippen LogP contribution in [0.3, 0.4) is 0 Å². The Labute approximate surface area is 135 Å². The molecule has 0 saturated heterocycles. The Bertz CT molecular complexity index is 798. The van der Waals surface area contributed by atoms with Crippen LogP contribution in [0.25, 0.3) is 11.1 Å². The summed E-state index contributed by atoms with van der Waals surface area (Å²) in [5.74, 6) is 0.591. The summed E-state index contributed by atoms with van der Waals surface area (Å²) >= 11 is 0. The Morgan fingerprint density at radius 1 is 1.00 bits per heavy atom. The highest BCUT2D eigenvalue weighted by atomic mass is 16.5. The van der Waals surface area contributed by atoms with Crippen molar-refractivity contribution in [2.45, 2.75) is 13.5 Å². The van der Waals surface area contributed by atoms with E-state index in [1.807, 2.05) is 60.7 Å². The number of benzene rings is 2. The van der Waals surface area contributed by atoms with Crippen molar-refractivity contribution in [3.63, 3.8) is 0 Å². The number of pyridine rings is 1. The van der Waals surface area contributed by atoms with Crippen LogP contribution in [-0.4, -0.2) is 10.8 Å². The van der Waals surface area contributed by atoms with E-state index in [0.29, 0.717) is 17.9 Å². The van der Waals surface area contributed by atoms with Gasteiger partial charge in [-0.05, 0) is 36.2 Å². The highest BCUT2D eigenvalue weighted by Gasteiger charge is 2.11. The third-order valence-electron chi connectivity index (χ3n) is 3.59. The fraction of sp³-hybridized carbons (Fsp3) is 0.100. The smallest absolute Gasteiger partial charge is 0.163 e. The zero-order chi connectivity index (χ0) is 16.1. The molecule has 0 spiro atoms. The van der Waals surface area contributed by atoms with Crippen LogP contribution in [0, 0.1) is 0 Å². The van der Waals surface area contributed by atoms with Crippen LogP contribution in [0.15, 0.2) is 73.1 Å². The Morgan fingerprint density at radius 2 is 1.83 bits per heavy atom. The van der Waals surface area contributed by atoms with Gasteiger partial charge in [0.05, 0.1) is 5.56 Å². The molecule has 114 valence electrons. The van der Waals surface area contributed by atoms with Crippen molar-refractivity contribution < 1.29 is 9.53 Å². The van der Waals surface area contributed by atoms with Gasteiger partial charge in [-0.25, -0.2) is 0 Å². The highest BCUT2D eigenvalue weighted by molar-refractivity contribution is 5.98. The van der Waals surface area contributed by atoms with E-state index >= 15 is 0 Å². The molecule has 23 heavy (non-hydrogen) atoms. The lowest BCUT2D eigenvalue weighted by molar-refractivity contribution is 0.101. The summed E-state index contributed by atoms with van der Waals surface area (Å²) in [5.41, 5.74) is 3.58. The first-order valence-corrected chi connectivity index (χ1v) is 7.46. The second-order valence-electron chi connectivity index (χ2n) is 5.28. The predicted molar refractivity (Wildman–Crippen MR) is 90.5 cm³/mol. The van der Waals surface area contributed by atoms with Crippen LogP contribution in [0.2, 0.25) is 0 Å². The van der Waals surface area contributed by atoms with E-state index < -0.39 is 0 Å². The molecule has 0 radical (unpaired) electrons. The third-order valence-corrected chi connectivity index (χ3v) is 3.59. The number of carbonyl (C=O) groups is 1. The van der Waals surface area contributed by atoms with Crippen molar-refractivity contribution in [3.8, 4) is 16.9 Å². The lowest BCUT2D eigenvalue weighted by Gasteiger charge is -2.12. The molecule has 0 fully saturated rings. The molecule has 0 aliphatic rings. The van der Waals surface area contributed by atoms with E-state index in [-0.39, 0.29) is 5.78 Å². The zero-order valence-corrected chi connectivity index (χ0v) is 12.9. The van der Waals surface area contributed by atoms with Crippen molar-refractivity contribution in [1.29, 1.82) is 0 Å². The maximum absolute atomic E-state index is 12.0. The number of ketones is 1. The van der Waals surface area contributed by atoms with Crippen molar-refractivity contribution in [3.05, 3.63) is 84.2 Å². The molecular formula is C20H17NO2. The molecule has 0 unspecified atom stereocenters. The molecule has 3 heteroatoms. The summed E-state index contributed by atoms with van der Waals surface area (Å²) in [7, 11) is 0. The molecule has 3 aromatic rings. The summed E-state index contributed by atoms with van der Waals surface area (Å²) in [6, 6.07) is 19.4. The van der Waals surface area contributed by atoms with Gasteiger partial charge in [-0.2, -0.15) is 0 Å². The minimum Gasteiger partial charge on any atom is -0.488 e. The number of carbonyl (C=O) groups excluding carboxylic acids is 1. The molecule has 3 nitrogen and oxygen atoms in total. The van der Waals surface area contributed by atoms with E-state index in [2.05, 4.69) is 4.98 Å². The van der Waals surface area contributed by atoms with Gasteiger partial charge in [-0.1, -0.05) is 42.5 Å². The molecule has 0 bridgehead atoms. The number of aromatic nitrogens is 1. The van der Waals surface area contributed by atoms with Gasteiger partial charge in [-0.15, -0.1) is 0 Å². The van der Waals surface area contributed by atoms with E-state index in [4.69, 9.17) is 4.74 Å². The molecule has 0 N–H and O–H groups in total. The minimum atomic E-state index is -0.0150. The van der Waals surface area contributed by atoms with E-state index in [1.165, 1.54) is 0 Å². The summed E-state index contributed by atoms with van der Waals surface area (Å²) in [6.45, 7) is 1.99. The number of rotatable bonds is 5. The van der Waals surface area contributed by atoms with Crippen LogP contribution in [0.5, 0.6) is 5.75 Å². The van der Waals surface area contributed by atoms with Crippen LogP contribution in [0.4, 0.5) is 0 Å². The van der Waals surface area contributed by atoms with Crippen molar-refractivity contribution in [1.82, 2.24) is 4.98 Å². The zero-order valence-electron chi connectivity index (χ0n) is 12.9. The van der Waals surface area contributed by atoms with Crippen molar-refractivity contribution in [2.75, 3.05) is 0 Å². The number of Topliss-reactive ketones (excluding diaryl/α,β-unsaturated/α-hetero) is 1. The Balaban J connectivity index is 1.87. The summed E-state index contributed by atoms with van der Waals surface area (Å²) in [5, 5.41) is 0. The molecule has 0 amide bonds. The van der Waals surface area contributed by atoms with Crippen LogP contribution < -0.4 is 4.74 Å². The maximum atomic E-state index is 12.0. The quantitative estimate of drug-likeness (QED) is 0.650. The van der Waals surface area contributed by atoms with Gasteiger partial charge in [0.2, 0.25) is 0 Å². The average Bonchev–Trinajstić information content (AvgIpc) is 2.61. The normalized spacial score (nSPS) is 10.3. The minimum absolute atomic E-state index is 0.0150. The highest BCUT2D eigenvalue weighted by Crippen LogP contribution is 2.27. The van der Waals surface area contributed by atoms with E-state index in [9.17, 15) is 4.79 Å². The van der Waals surface area contributed by atoms with Gasteiger partial charge in [0.15, 0.2) is 5.78 Å². The lowest BCUT2D eigenvalue weighted by Crippen LogP contribution is -2.02. The second kappa shape index (κ2) is 6.88. The summed E-state index contributed by atoms with van der Waals surface area (Å²) in [6.07, 6.45) is 3.51. The molecule has 0 atom stereocenters. The number of nitrogens with zero attached hydrogens (tertiary/aromatic N) is 1. The monoisotopic (exact) mass is 303 g/mol. The number of ether oxygens (including phenoxy) is 1. The number of hydrogen-bond acceptors (Lipinski definition) is 3. The standard InChI is InChI=1S/C20H17NO2/c1-15(22)19-12-17(18-8-5-11-21-13-18)9-10-20(19)23-14-16-6-3-2-4-7-16/h2-13H,14H2,1H3. The van der Waals surface area contributed by atoms with Gasteiger partial charge in [0.1, 0.15) is 12.4 Å². The van der Waals surface area contributed by atoms with Gasteiger partial charge < -0.3 is 4.74 Å². The molecule has 0 aliphatic heterocycles. The molecule has 3 rings (SSSR count).